The Bertz CT molecular complexity index is 1260. The van der Waals surface area contributed by atoms with Crippen molar-refractivity contribution in [2.75, 3.05) is 171 Å². The van der Waals surface area contributed by atoms with E-state index in [4.69, 9.17) is 42.0 Å². The smallest absolute Gasteiger partial charge is 0.379 e. The van der Waals surface area contributed by atoms with Gasteiger partial charge < -0.3 is 28.4 Å². The van der Waals surface area contributed by atoms with Crippen molar-refractivity contribution in [2.45, 2.75) is 26.7 Å². The highest BCUT2D eigenvalue weighted by molar-refractivity contribution is 7.87. The molecule has 0 amide bonds. The van der Waals surface area contributed by atoms with Crippen molar-refractivity contribution in [1.82, 2.24) is 43.1 Å². The van der Waals surface area contributed by atoms with E-state index >= 15 is 0 Å². The number of nitrogens with zero attached hydrogens (tertiary/aromatic N) is 9. The third-order valence-electron chi connectivity index (χ3n) is 10.4. The molecule has 0 bridgehead atoms. The molecule has 2 atom stereocenters. The summed E-state index contributed by atoms with van der Waals surface area (Å²) in [4.78, 5) is 4.60. The minimum Gasteiger partial charge on any atom is -0.379 e. The van der Waals surface area contributed by atoms with E-state index < -0.39 is 30.4 Å². The molecule has 0 aromatic heterocycles. The van der Waals surface area contributed by atoms with Gasteiger partial charge in [-0.1, -0.05) is 13.8 Å². The molecule has 22 heteroatoms. The Morgan fingerprint density at radius 3 is 1.33 bits per heavy atom. The first kappa shape index (κ1) is 40.7. The molecule has 0 saturated carbocycles. The van der Waals surface area contributed by atoms with Crippen LogP contribution in [0.3, 0.4) is 0 Å². The van der Waals surface area contributed by atoms with Gasteiger partial charge in [-0.25, -0.2) is 18.7 Å². The highest BCUT2D eigenvalue weighted by Gasteiger charge is 2.61. The summed E-state index contributed by atoms with van der Waals surface area (Å²) in [6.07, 6.45) is 1.97. The number of morpholine rings is 6. The van der Waals surface area contributed by atoms with Crippen LogP contribution in [0.2, 0.25) is 0 Å². The summed E-state index contributed by atoms with van der Waals surface area (Å²) in [5, 5.41) is 8.37. The molecule has 18 nitrogen and oxygen atoms in total. The van der Waals surface area contributed by atoms with Gasteiger partial charge in [0.05, 0.1) is 105 Å². The summed E-state index contributed by atoms with van der Waals surface area (Å²) in [5.41, 5.74) is 0. The van der Waals surface area contributed by atoms with Crippen LogP contribution in [0.1, 0.15) is 26.7 Å². The largest absolute Gasteiger partial charge is 0.406 e. The standard InChI is InChI=1S/C30H65N12O6P4/c1-3-5-31-49(37-7-19-43-20-8-37)33-51(39-11-23-45-24-12-39,40-13-25-46-26-14-40)35-50(32-6-4-2,38-9-21-44-22-10-38)36-52(34-49,41-15-27-47-28-16-41)42-17-29-48-30-18-42/h31-33H,3-30H2,1-2H3/q+1/t49-,50-/m1/s1. The molecule has 300 valence electrons. The lowest BCUT2D eigenvalue weighted by Crippen LogP contribution is -2.51. The highest BCUT2D eigenvalue weighted by atomic mass is 31.3. The monoisotopic (exact) mass is 813 g/mol. The maximum atomic E-state index is 6.52. The van der Waals surface area contributed by atoms with Gasteiger partial charge in [-0.15, -0.1) is 9.34 Å². The van der Waals surface area contributed by atoms with Crippen LogP contribution in [0, 0.1) is 0 Å². The molecule has 52 heavy (non-hydrogen) atoms. The van der Waals surface area contributed by atoms with E-state index in [9.17, 15) is 0 Å². The molecule has 0 aromatic rings. The SMILES string of the molecule is CCCN[P@]1(N2CCOCC2)=N[P+](N2CCOCC2)(N2CCOCC2)N=[P@](NCCC)(N2CCOCC2)NP(N2CCOCC2)(N2CCOCC2)=N1. The van der Waals surface area contributed by atoms with Gasteiger partial charge in [0.1, 0.15) is 0 Å². The van der Waals surface area contributed by atoms with Crippen molar-refractivity contribution in [3.8, 4) is 0 Å². The average Bonchev–Trinajstić information content (AvgIpc) is 3.22. The summed E-state index contributed by atoms with van der Waals surface area (Å²) in [7, 11) is -11.3. The Hall–Kier alpha value is 0.520. The Balaban J connectivity index is 1.61. The topological polar surface area (TPSA) is 148 Å². The van der Waals surface area contributed by atoms with Crippen LogP contribution in [-0.2, 0) is 28.4 Å². The first-order valence-electron chi connectivity index (χ1n) is 19.7. The fourth-order valence-electron chi connectivity index (χ4n) is 7.68. The van der Waals surface area contributed by atoms with Gasteiger partial charge in [-0.2, -0.15) is 9.37 Å². The molecule has 0 spiro atoms. The van der Waals surface area contributed by atoms with Crippen molar-refractivity contribution >= 4 is 30.4 Å². The molecule has 7 aliphatic rings. The second-order valence-corrected chi connectivity index (χ2v) is 25.4. The maximum absolute atomic E-state index is 6.52. The van der Waals surface area contributed by atoms with Gasteiger partial charge in [-0.05, 0) is 21.9 Å². The van der Waals surface area contributed by atoms with Gasteiger partial charge in [-0.3, -0.25) is 10.2 Å². The highest BCUT2D eigenvalue weighted by Crippen LogP contribution is 2.83. The van der Waals surface area contributed by atoms with Gasteiger partial charge in [0.25, 0.3) is 7.51 Å². The summed E-state index contributed by atoms with van der Waals surface area (Å²) in [5.74, 6) is 0. The number of nitrogens with one attached hydrogen (secondary N) is 3. The van der Waals surface area contributed by atoms with Crippen LogP contribution in [0.25, 0.3) is 0 Å². The van der Waals surface area contributed by atoms with Crippen LogP contribution in [0.15, 0.2) is 13.5 Å². The number of rotatable bonds is 12. The molecule has 6 fully saturated rings. The predicted molar refractivity (Wildman–Crippen MR) is 209 cm³/mol. The van der Waals surface area contributed by atoms with Crippen LogP contribution >= 0.6 is 30.4 Å². The first-order valence-corrected chi connectivity index (χ1v) is 26.3. The molecule has 7 heterocycles. The van der Waals surface area contributed by atoms with Crippen molar-refractivity contribution in [2.24, 2.45) is 13.5 Å². The molecule has 0 aromatic carbocycles. The lowest BCUT2D eigenvalue weighted by atomic mass is 10.5. The van der Waals surface area contributed by atoms with Crippen molar-refractivity contribution in [3.63, 3.8) is 0 Å². The normalized spacial score (nSPS) is 34.0. The number of hydrogen-bond donors (Lipinski definition) is 3. The molecule has 6 saturated heterocycles. The van der Waals surface area contributed by atoms with E-state index in [1.807, 2.05) is 0 Å². The van der Waals surface area contributed by atoms with Crippen LogP contribution in [0.4, 0.5) is 0 Å². The zero-order chi connectivity index (χ0) is 35.7. The molecule has 3 N–H and O–H groups in total. The minimum atomic E-state index is -2.87. The molecule has 7 aliphatic heterocycles. The quantitative estimate of drug-likeness (QED) is 0.248. The molecule has 0 aliphatic carbocycles. The van der Waals surface area contributed by atoms with E-state index in [0.29, 0.717) is 79.3 Å². The van der Waals surface area contributed by atoms with Gasteiger partial charge in [0.15, 0.2) is 7.51 Å². The summed E-state index contributed by atoms with van der Waals surface area (Å²) in [6.45, 7) is 23.6. The van der Waals surface area contributed by atoms with Crippen LogP contribution < -0.4 is 15.0 Å². The van der Waals surface area contributed by atoms with Crippen molar-refractivity contribution < 1.29 is 28.4 Å². The summed E-state index contributed by atoms with van der Waals surface area (Å²) < 4.78 is 71.5. The molecular formula is C30H65N12O6P4+. The fraction of sp³-hybridized carbons (Fsp3) is 1.00. The predicted octanol–water partition coefficient (Wildman–Crippen LogP) is 3.10. The van der Waals surface area contributed by atoms with E-state index in [1.165, 1.54) is 0 Å². The molecule has 0 radical (unpaired) electrons. The summed E-state index contributed by atoms with van der Waals surface area (Å²) >= 11 is 0. The lowest BCUT2D eigenvalue weighted by Gasteiger charge is -2.53. The molecular weight excluding hydrogens is 748 g/mol. The summed E-state index contributed by atoms with van der Waals surface area (Å²) in [6, 6.07) is 0. The maximum Gasteiger partial charge on any atom is 0.406 e. The third kappa shape index (κ3) is 8.82. The molecule has 0 unspecified atom stereocenters. The Morgan fingerprint density at radius 2 is 0.885 bits per heavy atom. The minimum absolute atomic E-state index is 0.662. The third-order valence-corrected chi connectivity index (χ3v) is 27.0. The molecule has 7 rings (SSSR count). The van der Waals surface area contributed by atoms with E-state index in [-0.39, 0.29) is 0 Å². The fourth-order valence-corrected chi connectivity index (χ4v) is 28.4. The van der Waals surface area contributed by atoms with Crippen molar-refractivity contribution in [1.29, 1.82) is 0 Å². The Labute approximate surface area is 312 Å². The van der Waals surface area contributed by atoms with Gasteiger partial charge in [0.2, 0.25) is 7.51 Å². The Morgan fingerprint density at radius 1 is 0.500 bits per heavy atom. The van der Waals surface area contributed by atoms with Crippen LogP contribution in [0.5, 0.6) is 0 Å². The van der Waals surface area contributed by atoms with E-state index in [2.05, 4.69) is 56.9 Å². The zero-order valence-electron chi connectivity index (χ0n) is 31.6. The van der Waals surface area contributed by atoms with E-state index in [0.717, 1.165) is 104 Å². The second kappa shape index (κ2) is 19.3. The Kier molecular flexibility index (Phi) is 15.1. The zero-order valence-corrected chi connectivity index (χ0v) is 35.1. The first-order chi connectivity index (χ1) is 25.6. The average molecular weight is 814 g/mol. The second-order valence-electron chi connectivity index (χ2n) is 13.9. The van der Waals surface area contributed by atoms with E-state index in [1.54, 1.807) is 0 Å². The van der Waals surface area contributed by atoms with Gasteiger partial charge in [0, 0.05) is 65.4 Å². The van der Waals surface area contributed by atoms with Crippen LogP contribution in [-0.4, -0.2) is 199 Å². The number of ether oxygens (including phenoxy) is 6. The van der Waals surface area contributed by atoms with Crippen molar-refractivity contribution in [3.05, 3.63) is 0 Å². The number of hydrogen-bond acceptors (Lipinski definition) is 18. The lowest BCUT2D eigenvalue weighted by molar-refractivity contribution is 0.0548. The van der Waals surface area contributed by atoms with Gasteiger partial charge >= 0.3 is 7.87 Å².